The van der Waals surface area contributed by atoms with Crippen molar-refractivity contribution >= 4 is 45.2 Å². The quantitative estimate of drug-likeness (QED) is 0.457. The molecule has 34 heavy (non-hydrogen) atoms. The lowest BCUT2D eigenvalue weighted by molar-refractivity contribution is 0.0240. The van der Waals surface area contributed by atoms with E-state index in [0.29, 0.717) is 43.8 Å². The monoisotopic (exact) mass is 477 g/mol. The molecule has 1 saturated heterocycles. The summed E-state index contributed by atoms with van der Waals surface area (Å²) in [5, 5.41) is 6.33. The Balaban J connectivity index is 1.33. The summed E-state index contributed by atoms with van der Waals surface area (Å²) >= 11 is 1.58. The zero-order chi connectivity index (χ0) is 23.7. The first-order valence-corrected chi connectivity index (χ1v) is 12.1. The number of hydrogen-bond acceptors (Lipinski definition) is 8. The lowest BCUT2D eigenvalue weighted by Gasteiger charge is -2.35. The number of piperazine rings is 1. The molecule has 0 radical (unpaired) electrons. The van der Waals surface area contributed by atoms with E-state index in [-0.39, 0.29) is 6.09 Å². The van der Waals surface area contributed by atoms with Crippen molar-refractivity contribution in [1.82, 2.24) is 24.4 Å². The lowest BCUT2D eigenvalue weighted by atomic mass is 10.2. The van der Waals surface area contributed by atoms with Crippen LogP contribution in [0.2, 0.25) is 0 Å². The Labute approximate surface area is 202 Å². The molecular weight excluding hydrogens is 450 g/mol. The fraction of sp³-hybridized carbons (Fsp3) is 0.333. The summed E-state index contributed by atoms with van der Waals surface area (Å²) in [6, 6.07) is 12.1. The number of fused-ring (bicyclic) bond motifs is 1. The molecule has 0 saturated carbocycles. The van der Waals surface area contributed by atoms with Crippen LogP contribution >= 0.6 is 11.3 Å². The summed E-state index contributed by atoms with van der Waals surface area (Å²) in [4.78, 5) is 31.3. The molecule has 0 aliphatic carbocycles. The van der Waals surface area contributed by atoms with Crippen molar-refractivity contribution in [2.75, 3.05) is 36.4 Å². The fourth-order valence-electron chi connectivity index (χ4n) is 3.75. The molecule has 1 fully saturated rings. The molecule has 9 nitrogen and oxygen atoms in total. The molecule has 10 heteroatoms. The second-order valence-corrected chi connectivity index (χ2v) is 9.99. The van der Waals surface area contributed by atoms with Crippen molar-refractivity contribution in [3.05, 3.63) is 54.3 Å². The summed E-state index contributed by atoms with van der Waals surface area (Å²) in [7, 11) is 0. The Morgan fingerprint density at radius 1 is 1.06 bits per heavy atom. The first-order chi connectivity index (χ1) is 16.4. The van der Waals surface area contributed by atoms with Crippen LogP contribution in [-0.4, -0.2) is 62.3 Å². The van der Waals surface area contributed by atoms with E-state index < -0.39 is 5.60 Å². The van der Waals surface area contributed by atoms with Crippen LogP contribution in [0, 0.1) is 0 Å². The SMILES string of the molecule is CC(C)(C)OC(=O)N1CCN(c2nc(Nc3cn(-c4ccccc4)cn3)c3ccsc3n2)CC1. The molecule has 0 spiro atoms. The van der Waals surface area contributed by atoms with Crippen molar-refractivity contribution in [2.24, 2.45) is 0 Å². The number of nitrogens with zero attached hydrogens (tertiary/aromatic N) is 6. The number of amides is 1. The number of ether oxygens (including phenoxy) is 1. The van der Waals surface area contributed by atoms with Crippen LogP contribution in [0.3, 0.4) is 0 Å². The van der Waals surface area contributed by atoms with Gasteiger partial charge < -0.3 is 24.4 Å². The van der Waals surface area contributed by atoms with E-state index in [4.69, 9.17) is 14.7 Å². The number of imidazole rings is 1. The van der Waals surface area contributed by atoms with Crippen LogP contribution in [0.4, 0.5) is 22.4 Å². The maximum atomic E-state index is 12.4. The average Bonchev–Trinajstić information content (AvgIpc) is 3.48. The molecule has 1 N–H and O–H groups in total. The van der Waals surface area contributed by atoms with Gasteiger partial charge in [0.25, 0.3) is 0 Å². The van der Waals surface area contributed by atoms with E-state index in [1.165, 1.54) is 0 Å². The van der Waals surface area contributed by atoms with Gasteiger partial charge in [0.1, 0.15) is 28.4 Å². The van der Waals surface area contributed by atoms with Gasteiger partial charge in [-0.25, -0.2) is 14.8 Å². The number of hydrogen-bond donors (Lipinski definition) is 1. The molecule has 1 amide bonds. The van der Waals surface area contributed by atoms with Gasteiger partial charge in [-0.1, -0.05) is 18.2 Å². The summed E-state index contributed by atoms with van der Waals surface area (Å²) in [6.07, 6.45) is 3.44. The highest BCUT2D eigenvalue weighted by molar-refractivity contribution is 7.16. The zero-order valence-corrected chi connectivity index (χ0v) is 20.2. The van der Waals surface area contributed by atoms with Crippen molar-refractivity contribution < 1.29 is 9.53 Å². The third-order valence-electron chi connectivity index (χ3n) is 5.41. The van der Waals surface area contributed by atoms with Crippen molar-refractivity contribution in [3.8, 4) is 5.69 Å². The molecule has 4 heterocycles. The second kappa shape index (κ2) is 8.94. The largest absolute Gasteiger partial charge is 0.444 e. The third-order valence-corrected chi connectivity index (χ3v) is 6.22. The van der Waals surface area contributed by atoms with E-state index in [2.05, 4.69) is 15.2 Å². The number of thiophene rings is 1. The lowest BCUT2D eigenvalue weighted by Crippen LogP contribution is -2.50. The molecule has 0 bridgehead atoms. The maximum Gasteiger partial charge on any atom is 0.410 e. The minimum absolute atomic E-state index is 0.280. The van der Waals surface area contributed by atoms with Crippen LogP contribution in [-0.2, 0) is 4.74 Å². The van der Waals surface area contributed by atoms with Gasteiger partial charge in [0.15, 0.2) is 0 Å². The van der Waals surface area contributed by atoms with Crippen LogP contribution in [0.25, 0.3) is 15.9 Å². The smallest absolute Gasteiger partial charge is 0.410 e. The molecule has 4 aromatic rings. The van der Waals surface area contributed by atoms with Crippen molar-refractivity contribution in [3.63, 3.8) is 0 Å². The maximum absolute atomic E-state index is 12.4. The van der Waals surface area contributed by atoms with Crippen LogP contribution < -0.4 is 10.2 Å². The van der Waals surface area contributed by atoms with E-state index in [1.54, 1.807) is 22.6 Å². The van der Waals surface area contributed by atoms with Gasteiger partial charge in [0.05, 0.1) is 11.6 Å². The number of carbonyl (C=O) groups excluding carboxylic acids is 1. The highest BCUT2D eigenvalue weighted by Crippen LogP contribution is 2.30. The highest BCUT2D eigenvalue weighted by atomic mass is 32.1. The number of aromatic nitrogens is 4. The number of benzene rings is 1. The summed E-state index contributed by atoms with van der Waals surface area (Å²) in [5.74, 6) is 2.06. The molecule has 0 unspecified atom stereocenters. The van der Waals surface area contributed by atoms with Gasteiger partial charge in [-0.3, -0.25) is 0 Å². The predicted octanol–water partition coefficient (Wildman–Crippen LogP) is 4.68. The first-order valence-electron chi connectivity index (χ1n) is 11.2. The van der Waals surface area contributed by atoms with Gasteiger partial charge in [0, 0.05) is 31.9 Å². The third kappa shape index (κ3) is 4.81. The van der Waals surface area contributed by atoms with Gasteiger partial charge in [-0.2, -0.15) is 4.98 Å². The molecule has 5 rings (SSSR count). The number of carbonyl (C=O) groups is 1. The molecule has 176 valence electrons. The predicted molar refractivity (Wildman–Crippen MR) is 134 cm³/mol. The molecule has 0 atom stereocenters. The van der Waals surface area contributed by atoms with E-state index in [9.17, 15) is 4.79 Å². The molecule has 1 aromatic carbocycles. The Kier molecular flexibility index (Phi) is 5.82. The normalized spacial score (nSPS) is 14.4. The fourth-order valence-corrected chi connectivity index (χ4v) is 4.51. The number of rotatable bonds is 4. The van der Waals surface area contributed by atoms with E-state index in [1.807, 2.05) is 73.3 Å². The second-order valence-electron chi connectivity index (χ2n) is 9.09. The highest BCUT2D eigenvalue weighted by Gasteiger charge is 2.27. The van der Waals surface area contributed by atoms with E-state index in [0.717, 1.165) is 15.9 Å². The minimum Gasteiger partial charge on any atom is -0.444 e. The number of anilines is 3. The molecule has 1 aliphatic heterocycles. The van der Waals surface area contributed by atoms with Crippen LogP contribution in [0.5, 0.6) is 0 Å². The molecule has 1 aliphatic rings. The minimum atomic E-state index is -0.504. The zero-order valence-electron chi connectivity index (χ0n) is 19.4. The summed E-state index contributed by atoms with van der Waals surface area (Å²) < 4.78 is 7.47. The molecule has 3 aromatic heterocycles. The van der Waals surface area contributed by atoms with Gasteiger partial charge in [-0.05, 0) is 44.4 Å². The van der Waals surface area contributed by atoms with Crippen LogP contribution in [0.15, 0.2) is 54.3 Å². The van der Waals surface area contributed by atoms with Gasteiger partial charge in [-0.15, -0.1) is 11.3 Å². The Bertz CT molecular complexity index is 1290. The number of nitrogens with one attached hydrogen (secondary N) is 1. The van der Waals surface area contributed by atoms with Gasteiger partial charge >= 0.3 is 6.09 Å². The first kappa shape index (κ1) is 22.1. The Hall–Kier alpha value is -3.66. The average molecular weight is 478 g/mol. The Morgan fingerprint density at radius 3 is 2.56 bits per heavy atom. The number of para-hydroxylation sites is 1. The summed E-state index contributed by atoms with van der Waals surface area (Å²) in [5.41, 5.74) is 0.533. The van der Waals surface area contributed by atoms with Crippen LogP contribution in [0.1, 0.15) is 20.8 Å². The van der Waals surface area contributed by atoms with E-state index >= 15 is 0 Å². The van der Waals surface area contributed by atoms with Crippen molar-refractivity contribution in [2.45, 2.75) is 26.4 Å². The standard InChI is InChI=1S/C24H27N7O2S/c1-24(2,3)33-23(32)30-12-10-29(11-13-30)22-27-20(18-9-14-34-21(18)28-22)26-19-15-31(16-25-19)17-7-5-4-6-8-17/h4-9,14-16H,10-13H2,1-3H3,(H,26,27,28). The molecular formula is C24H27N7O2S. The summed E-state index contributed by atoms with van der Waals surface area (Å²) in [6.45, 7) is 8.03. The van der Waals surface area contributed by atoms with Gasteiger partial charge in [0.2, 0.25) is 5.95 Å². The Morgan fingerprint density at radius 2 is 1.82 bits per heavy atom. The topological polar surface area (TPSA) is 88.4 Å². The van der Waals surface area contributed by atoms with Crippen molar-refractivity contribution in [1.29, 1.82) is 0 Å².